The number of rotatable bonds is 7. The van der Waals surface area contributed by atoms with Crippen LogP contribution in [-0.4, -0.2) is 24.1 Å². The van der Waals surface area contributed by atoms with Crippen molar-refractivity contribution in [3.63, 3.8) is 0 Å². The van der Waals surface area contributed by atoms with Gasteiger partial charge in [-0.3, -0.25) is 15.1 Å². The number of hydrogen-bond donors (Lipinski definition) is 1. The summed E-state index contributed by atoms with van der Waals surface area (Å²) in [6.07, 6.45) is 0.286. The first kappa shape index (κ1) is 17.0. The lowest BCUT2D eigenvalue weighted by Crippen LogP contribution is -2.27. The highest BCUT2D eigenvalue weighted by molar-refractivity contribution is 7.89. The van der Waals surface area contributed by atoms with E-state index in [9.17, 15) is 18.5 Å². The van der Waals surface area contributed by atoms with Crippen molar-refractivity contribution in [1.82, 2.24) is 9.71 Å². The molecule has 0 atom stereocenters. The zero-order chi connectivity index (χ0) is 16.9. The number of pyridine rings is 1. The van der Waals surface area contributed by atoms with Gasteiger partial charge in [-0.25, -0.2) is 13.1 Å². The van der Waals surface area contributed by atoms with E-state index >= 15 is 0 Å². The second-order valence-electron chi connectivity index (χ2n) is 5.08. The Morgan fingerprint density at radius 1 is 1.17 bits per heavy atom. The molecule has 0 unspecified atom stereocenters. The number of sulfonamides is 1. The molecule has 1 N–H and O–H groups in total. The third-order valence-electron chi connectivity index (χ3n) is 3.23. The Balaban J connectivity index is 1.89. The second-order valence-corrected chi connectivity index (χ2v) is 7.01. The molecule has 0 amide bonds. The molecule has 0 spiro atoms. The standard InChI is InChI=1S/C15H17N3O4S/c1-12-3-2-4-14(17-12)11-16-23(21,22)10-9-13-5-7-15(8-6-13)18(19)20/h2-8,16H,9-11H2,1H3. The van der Waals surface area contributed by atoms with Crippen LogP contribution < -0.4 is 4.72 Å². The van der Waals surface area contributed by atoms with E-state index in [-0.39, 0.29) is 24.4 Å². The predicted molar refractivity (Wildman–Crippen MR) is 86.4 cm³/mol. The zero-order valence-electron chi connectivity index (χ0n) is 12.6. The quantitative estimate of drug-likeness (QED) is 0.615. The van der Waals surface area contributed by atoms with Crippen LogP contribution in [0.15, 0.2) is 42.5 Å². The van der Waals surface area contributed by atoms with Crippen molar-refractivity contribution in [3.8, 4) is 0 Å². The molecule has 0 radical (unpaired) electrons. The van der Waals surface area contributed by atoms with Gasteiger partial charge in [0.1, 0.15) is 0 Å². The number of benzene rings is 1. The molecule has 0 aliphatic rings. The summed E-state index contributed by atoms with van der Waals surface area (Å²) in [5, 5.41) is 10.6. The Morgan fingerprint density at radius 3 is 2.48 bits per heavy atom. The molecular formula is C15H17N3O4S. The van der Waals surface area contributed by atoms with Crippen LogP contribution in [0, 0.1) is 17.0 Å². The third-order valence-corrected chi connectivity index (χ3v) is 4.55. The first-order valence-corrected chi connectivity index (χ1v) is 8.64. The summed E-state index contributed by atoms with van der Waals surface area (Å²) in [4.78, 5) is 14.3. The predicted octanol–water partition coefficient (Wildman–Crippen LogP) is 1.96. The van der Waals surface area contributed by atoms with Gasteiger partial charge in [-0.05, 0) is 31.0 Å². The van der Waals surface area contributed by atoms with Gasteiger partial charge in [0.25, 0.3) is 5.69 Å². The number of aryl methyl sites for hydroxylation is 2. The highest BCUT2D eigenvalue weighted by Crippen LogP contribution is 2.12. The summed E-state index contributed by atoms with van der Waals surface area (Å²) in [7, 11) is -3.44. The minimum absolute atomic E-state index is 0.0137. The number of nitro groups is 1. The number of nitrogens with one attached hydrogen (secondary N) is 1. The van der Waals surface area contributed by atoms with Crippen molar-refractivity contribution in [2.24, 2.45) is 0 Å². The lowest BCUT2D eigenvalue weighted by molar-refractivity contribution is -0.384. The van der Waals surface area contributed by atoms with Crippen LogP contribution in [0.2, 0.25) is 0 Å². The van der Waals surface area contributed by atoms with Crippen molar-refractivity contribution in [1.29, 1.82) is 0 Å². The smallest absolute Gasteiger partial charge is 0.258 e. The Morgan fingerprint density at radius 2 is 1.87 bits per heavy atom. The average Bonchev–Trinajstić information content (AvgIpc) is 2.52. The van der Waals surface area contributed by atoms with E-state index in [2.05, 4.69) is 9.71 Å². The summed E-state index contributed by atoms with van der Waals surface area (Å²) in [6, 6.07) is 11.3. The maximum Gasteiger partial charge on any atom is 0.269 e. The SMILES string of the molecule is Cc1cccc(CNS(=O)(=O)CCc2ccc([N+](=O)[O-])cc2)n1. The largest absolute Gasteiger partial charge is 0.269 e. The summed E-state index contributed by atoms with van der Waals surface area (Å²) >= 11 is 0. The van der Waals surface area contributed by atoms with Gasteiger partial charge in [0, 0.05) is 17.8 Å². The molecule has 2 rings (SSSR count). The van der Waals surface area contributed by atoms with Crippen LogP contribution in [0.1, 0.15) is 17.0 Å². The molecule has 0 saturated carbocycles. The van der Waals surface area contributed by atoms with E-state index < -0.39 is 14.9 Å². The van der Waals surface area contributed by atoms with Crippen molar-refractivity contribution in [2.45, 2.75) is 19.9 Å². The summed E-state index contributed by atoms with van der Waals surface area (Å²) in [5.74, 6) is -0.0867. The molecule has 23 heavy (non-hydrogen) atoms. The maximum atomic E-state index is 12.0. The Bertz CT molecular complexity index is 789. The third kappa shape index (κ3) is 5.42. The van der Waals surface area contributed by atoms with Gasteiger partial charge in [0.15, 0.2) is 0 Å². The first-order chi connectivity index (χ1) is 10.9. The molecule has 7 nitrogen and oxygen atoms in total. The fourth-order valence-electron chi connectivity index (χ4n) is 1.99. The average molecular weight is 335 g/mol. The van der Waals surface area contributed by atoms with E-state index in [0.29, 0.717) is 5.69 Å². The van der Waals surface area contributed by atoms with E-state index in [4.69, 9.17) is 0 Å². The van der Waals surface area contributed by atoms with Crippen LogP contribution in [0.25, 0.3) is 0 Å². The van der Waals surface area contributed by atoms with E-state index in [1.165, 1.54) is 12.1 Å². The molecule has 0 aliphatic heterocycles. The normalized spacial score (nSPS) is 11.3. The number of nitrogens with zero attached hydrogens (tertiary/aromatic N) is 2. The fourth-order valence-corrected chi connectivity index (χ4v) is 3.01. The Kier molecular flexibility index (Phi) is 5.41. The van der Waals surface area contributed by atoms with Crippen LogP contribution in [-0.2, 0) is 23.0 Å². The monoisotopic (exact) mass is 335 g/mol. The van der Waals surface area contributed by atoms with Gasteiger partial charge >= 0.3 is 0 Å². The van der Waals surface area contributed by atoms with Crippen LogP contribution in [0.3, 0.4) is 0 Å². The highest BCUT2D eigenvalue weighted by Gasteiger charge is 2.11. The molecule has 0 aliphatic carbocycles. The van der Waals surface area contributed by atoms with E-state index in [1.807, 2.05) is 19.1 Å². The Hall–Kier alpha value is -2.32. The molecular weight excluding hydrogens is 318 g/mol. The summed E-state index contributed by atoms with van der Waals surface area (Å²) in [6.45, 7) is 1.98. The molecule has 2 aromatic rings. The van der Waals surface area contributed by atoms with Gasteiger partial charge in [-0.1, -0.05) is 18.2 Å². The molecule has 0 saturated heterocycles. The van der Waals surface area contributed by atoms with Crippen LogP contribution >= 0.6 is 0 Å². The molecule has 1 heterocycles. The number of hydrogen-bond acceptors (Lipinski definition) is 5. The van der Waals surface area contributed by atoms with Crippen molar-refractivity contribution in [3.05, 3.63) is 69.5 Å². The lowest BCUT2D eigenvalue weighted by atomic mass is 10.1. The maximum absolute atomic E-state index is 12.0. The second kappa shape index (κ2) is 7.30. The Labute approximate surface area is 134 Å². The minimum Gasteiger partial charge on any atom is -0.258 e. The van der Waals surface area contributed by atoms with E-state index in [0.717, 1.165) is 11.3 Å². The van der Waals surface area contributed by atoms with Gasteiger partial charge in [-0.2, -0.15) is 0 Å². The van der Waals surface area contributed by atoms with Crippen molar-refractivity contribution in [2.75, 3.05) is 5.75 Å². The fraction of sp³-hybridized carbons (Fsp3) is 0.267. The van der Waals surface area contributed by atoms with Gasteiger partial charge in [0.2, 0.25) is 10.0 Å². The molecule has 122 valence electrons. The number of non-ortho nitro benzene ring substituents is 1. The molecule has 0 bridgehead atoms. The van der Waals surface area contributed by atoms with Gasteiger partial charge in [-0.15, -0.1) is 0 Å². The molecule has 1 aromatic heterocycles. The number of aromatic nitrogens is 1. The van der Waals surface area contributed by atoms with Gasteiger partial charge in [0.05, 0.1) is 22.9 Å². The molecule has 1 aromatic carbocycles. The lowest BCUT2D eigenvalue weighted by Gasteiger charge is -2.07. The first-order valence-electron chi connectivity index (χ1n) is 6.99. The van der Waals surface area contributed by atoms with Crippen LogP contribution in [0.5, 0.6) is 0 Å². The van der Waals surface area contributed by atoms with Crippen molar-refractivity contribution < 1.29 is 13.3 Å². The number of nitro benzene ring substituents is 1. The van der Waals surface area contributed by atoms with Crippen LogP contribution in [0.4, 0.5) is 5.69 Å². The minimum atomic E-state index is -3.44. The summed E-state index contributed by atoms with van der Waals surface area (Å²) in [5.41, 5.74) is 2.20. The highest BCUT2D eigenvalue weighted by atomic mass is 32.2. The van der Waals surface area contributed by atoms with Gasteiger partial charge < -0.3 is 0 Å². The topological polar surface area (TPSA) is 102 Å². The van der Waals surface area contributed by atoms with E-state index in [1.54, 1.807) is 18.2 Å². The zero-order valence-corrected chi connectivity index (χ0v) is 13.4. The van der Waals surface area contributed by atoms with Crippen molar-refractivity contribution >= 4 is 15.7 Å². The molecule has 0 fully saturated rings. The molecule has 8 heteroatoms. The summed E-state index contributed by atoms with van der Waals surface area (Å²) < 4.78 is 26.5.